The molecule has 6 heteroatoms. The van der Waals surface area contributed by atoms with Gasteiger partial charge in [0.05, 0.1) is 11.7 Å². The van der Waals surface area contributed by atoms with Crippen LogP contribution in [0.4, 0.5) is 8.78 Å². The van der Waals surface area contributed by atoms with E-state index in [1.807, 2.05) is 11.7 Å². The smallest absolute Gasteiger partial charge is 0.106 e. The molecule has 1 aromatic rings. The van der Waals surface area contributed by atoms with Gasteiger partial charge in [-0.15, -0.1) is 11.3 Å². The lowest BCUT2D eigenvalue weighted by Crippen LogP contribution is -2.52. The lowest BCUT2D eigenvalue weighted by molar-refractivity contribution is 0.0420. The Bertz CT molecular complexity index is 498. The Morgan fingerprint density at radius 3 is 2.73 bits per heavy atom. The van der Waals surface area contributed by atoms with Crippen LogP contribution in [0.1, 0.15) is 36.5 Å². The Balaban J connectivity index is 1.47. The Morgan fingerprint density at radius 1 is 1.09 bits per heavy atom. The van der Waals surface area contributed by atoms with E-state index in [-0.39, 0.29) is 12.3 Å². The van der Waals surface area contributed by atoms with Crippen molar-refractivity contribution in [1.29, 1.82) is 0 Å². The molecule has 22 heavy (non-hydrogen) atoms. The second-order valence-electron chi connectivity index (χ2n) is 7.05. The maximum absolute atomic E-state index is 14.3. The van der Waals surface area contributed by atoms with E-state index >= 15 is 0 Å². The molecule has 3 nitrogen and oxygen atoms in total. The second kappa shape index (κ2) is 6.13. The molecule has 4 rings (SSSR count). The summed E-state index contributed by atoms with van der Waals surface area (Å²) in [5.74, 6) is 1.33. The van der Waals surface area contributed by atoms with Gasteiger partial charge in [0.2, 0.25) is 0 Å². The fraction of sp³-hybridized carbons (Fsp3) is 0.812. The highest BCUT2D eigenvalue weighted by Gasteiger charge is 2.45. The number of nitrogens with zero attached hydrogens (tertiary/aromatic N) is 1. The van der Waals surface area contributed by atoms with Crippen molar-refractivity contribution >= 4 is 11.3 Å². The van der Waals surface area contributed by atoms with Crippen LogP contribution in [0.2, 0.25) is 0 Å². The third-order valence-electron chi connectivity index (χ3n) is 5.86. The van der Waals surface area contributed by atoms with E-state index < -0.39 is 12.3 Å². The van der Waals surface area contributed by atoms with Crippen molar-refractivity contribution in [3.8, 4) is 0 Å². The molecule has 2 N–H and O–H groups in total. The fourth-order valence-corrected chi connectivity index (χ4v) is 5.49. The van der Waals surface area contributed by atoms with Gasteiger partial charge in [0, 0.05) is 30.0 Å². The molecule has 2 saturated heterocycles. The van der Waals surface area contributed by atoms with Crippen LogP contribution in [0.3, 0.4) is 0 Å². The molecule has 3 heterocycles. The van der Waals surface area contributed by atoms with Crippen molar-refractivity contribution in [2.45, 2.75) is 50.1 Å². The van der Waals surface area contributed by atoms with Crippen LogP contribution in [0.25, 0.3) is 0 Å². The first kappa shape index (κ1) is 15.0. The van der Waals surface area contributed by atoms with Gasteiger partial charge in [-0.05, 0) is 43.6 Å². The number of hydrogen-bond donors (Lipinski definition) is 2. The van der Waals surface area contributed by atoms with Gasteiger partial charge in [0.1, 0.15) is 12.3 Å². The molecule has 122 valence electrons. The lowest BCUT2D eigenvalue weighted by atomic mass is 9.71. The number of fused-ring (bicyclic) bond motifs is 1. The molecule has 0 amide bonds. The summed E-state index contributed by atoms with van der Waals surface area (Å²) in [5, 5.41) is 7.12. The summed E-state index contributed by atoms with van der Waals surface area (Å²) in [5.41, 5.74) is 1.89. The zero-order chi connectivity index (χ0) is 15.1. The molecule has 0 bridgehead atoms. The topological polar surface area (TPSA) is 37.0 Å². The minimum atomic E-state index is -0.969. The molecule has 7 atom stereocenters. The van der Waals surface area contributed by atoms with Crippen LogP contribution in [-0.4, -0.2) is 36.6 Å². The maximum Gasteiger partial charge on any atom is 0.106 e. The van der Waals surface area contributed by atoms with Crippen molar-refractivity contribution in [2.75, 3.05) is 13.1 Å². The predicted octanol–water partition coefficient (Wildman–Crippen LogP) is 2.86. The van der Waals surface area contributed by atoms with Gasteiger partial charge in [0.25, 0.3) is 0 Å². The molecule has 1 aliphatic carbocycles. The summed E-state index contributed by atoms with van der Waals surface area (Å²) >= 11 is 1.71. The molecule has 3 aliphatic rings. The van der Waals surface area contributed by atoms with Gasteiger partial charge >= 0.3 is 0 Å². The largest absolute Gasteiger partial charge is 0.301 e. The van der Waals surface area contributed by atoms with Gasteiger partial charge in [-0.3, -0.25) is 4.98 Å². The Morgan fingerprint density at radius 2 is 1.95 bits per heavy atom. The van der Waals surface area contributed by atoms with E-state index in [4.69, 9.17) is 0 Å². The molecular formula is C16H23F2N3S. The molecule has 3 fully saturated rings. The molecule has 1 saturated carbocycles. The van der Waals surface area contributed by atoms with E-state index in [2.05, 4.69) is 15.6 Å². The third kappa shape index (κ3) is 2.69. The van der Waals surface area contributed by atoms with Crippen molar-refractivity contribution < 1.29 is 8.78 Å². The van der Waals surface area contributed by atoms with Gasteiger partial charge in [-0.1, -0.05) is 0 Å². The summed E-state index contributed by atoms with van der Waals surface area (Å²) < 4.78 is 27.7. The van der Waals surface area contributed by atoms with Gasteiger partial charge < -0.3 is 10.6 Å². The number of rotatable bonds is 2. The molecular weight excluding hydrogens is 304 g/mol. The number of halogens is 2. The monoisotopic (exact) mass is 327 g/mol. The molecule has 7 unspecified atom stereocenters. The van der Waals surface area contributed by atoms with E-state index in [9.17, 15) is 8.78 Å². The zero-order valence-corrected chi connectivity index (χ0v) is 13.4. The minimum absolute atomic E-state index is 0.0307. The fourth-order valence-electron chi connectivity index (χ4n) is 4.69. The summed E-state index contributed by atoms with van der Waals surface area (Å²) in [6.07, 6.45) is 2.77. The van der Waals surface area contributed by atoms with Crippen molar-refractivity contribution in [3.05, 3.63) is 16.6 Å². The molecule has 1 aromatic heterocycles. The predicted molar refractivity (Wildman–Crippen MR) is 83.4 cm³/mol. The Kier molecular flexibility index (Phi) is 4.17. The van der Waals surface area contributed by atoms with E-state index in [0.29, 0.717) is 36.8 Å². The standard InChI is InChI=1S/C16H23F2N3S/c17-10-1-2-11(14(18)4-10)9-3-12-13(15-7-19-8-22-15)6-21-16(12)20-5-9/h7-14,16,20-21H,1-6H2. The summed E-state index contributed by atoms with van der Waals surface area (Å²) in [4.78, 5) is 5.53. The van der Waals surface area contributed by atoms with Crippen LogP contribution < -0.4 is 10.6 Å². The summed E-state index contributed by atoms with van der Waals surface area (Å²) in [6, 6.07) is 0. The number of thiazole rings is 1. The van der Waals surface area contributed by atoms with E-state index in [0.717, 1.165) is 19.5 Å². The number of hydrogen-bond acceptors (Lipinski definition) is 4. The highest BCUT2D eigenvalue weighted by Crippen LogP contribution is 2.44. The number of nitrogens with one attached hydrogen (secondary N) is 2. The van der Waals surface area contributed by atoms with Crippen LogP contribution in [0.5, 0.6) is 0 Å². The molecule has 0 spiro atoms. The normalized spacial score (nSPS) is 45.6. The lowest BCUT2D eigenvalue weighted by Gasteiger charge is -2.41. The SMILES string of the molecule is FC1CCC(C2CNC3NCC(c4cncs4)C3C2)C(F)C1. The first-order valence-corrected chi connectivity index (χ1v) is 9.23. The zero-order valence-electron chi connectivity index (χ0n) is 12.6. The van der Waals surface area contributed by atoms with Crippen molar-refractivity contribution in [3.63, 3.8) is 0 Å². The van der Waals surface area contributed by atoms with Gasteiger partial charge in [-0.25, -0.2) is 8.78 Å². The minimum Gasteiger partial charge on any atom is -0.301 e. The molecule has 2 aliphatic heterocycles. The van der Waals surface area contributed by atoms with Crippen molar-refractivity contribution in [2.24, 2.45) is 17.8 Å². The first-order valence-electron chi connectivity index (χ1n) is 8.35. The van der Waals surface area contributed by atoms with E-state index in [1.165, 1.54) is 4.88 Å². The van der Waals surface area contributed by atoms with Gasteiger partial charge in [-0.2, -0.15) is 0 Å². The number of alkyl halides is 2. The van der Waals surface area contributed by atoms with Crippen LogP contribution in [-0.2, 0) is 0 Å². The van der Waals surface area contributed by atoms with Gasteiger partial charge in [0.15, 0.2) is 0 Å². The summed E-state index contributed by atoms with van der Waals surface area (Å²) in [6.45, 7) is 1.82. The quantitative estimate of drug-likeness (QED) is 0.877. The van der Waals surface area contributed by atoms with Crippen LogP contribution in [0.15, 0.2) is 11.7 Å². The van der Waals surface area contributed by atoms with Crippen molar-refractivity contribution in [1.82, 2.24) is 15.6 Å². The number of aromatic nitrogens is 1. The van der Waals surface area contributed by atoms with E-state index in [1.54, 1.807) is 11.3 Å². The average Bonchev–Trinajstić information content (AvgIpc) is 3.15. The Hall–Kier alpha value is -0.590. The highest BCUT2D eigenvalue weighted by molar-refractivity contribution is 7.09. The first-order chi connectivity index (χ1) is 10.7. The molecule has 0 aromatic carbocycles. The molecule has 0 radical (unpaired) electrons. The number of piperidine rings is 1. The van der Waals surface area contributed by atoms with Crippen LogP contribution >= 0.6 is 11.3 Å². The average molecular weight is 327 g/mol. The Labute approximate surface area is 133 Å². The highest BCUT2D eigenvalue weighted by atomic mass is 32.1. The summed E-state index contributed by atoms with van der Waals surface area (Å²) in [7, 11) is 0. The third-order valence-corrected chi connectivity index (χ3v) is 6.77. The van der Waals surface area contributed by atoms with Crippen LogP contribution in [0, 0.1) is 17.8 Å². The second-order valence-corrected chi connectivity index (χ2v) is 7.97. The maximum atomic E-state index is 14.3.